The van der Waals surface area contributed by atoms with Gasteiger partial charge in [0.05, 0.1) is 24.5 Å². The normalized spacial score (nSPS) is 14.5. The number of aryl methyl sites for hydroxylation is 1. The SMILES string of the molecule is Cc1cccc(C(=O)NC(Cc2ccccc2)C(O)CN(C[C@@H](C)O)S(=O)(=O)c2ccco2)n1. The standard InChI is InChI=1S/C24H29N3O6S/c1-17-8-6-11-20(25-17)24(30)26-21(14-19-9-4-3-5-10-19)22(29)16-27(15-18(2)28)34(31,32)23-12-7-13-33-23/h3-13,18,21-22,28-29H,14-16H2,1-2H3,(H,26,30)/t18-,21?,22?/m1/s1. The van der Waals surface area contributed by atoms with Crippen LogP contribution in [-0.4, -0.2) is 65.2 Å². The minimum atomic E-state index is -4.12. The van der Waals surface area contributed by atoms with Crippen molar-refractivity contribution < 1.29 is 27.8 Å². The molecule has 3 aromatic rings. The van der Waals surface area contributed by atoms with Crippen LogP contribution in [0.1, 0.15) is 28.7 Å². The summed E-state index contributed by atoms with van der Waals surface area (Å²) in [4.78, 5) is 17.1. The highest BCUT2D eigenvalue weighted by Crippen LogP contribution is 2.18. The Bertz CT molecular complexity index is 1170. The van der Waals surface area contributed by atoms with Crippen molar-refractivity contribution >= 4 is 15.9 Å². The number of benzene rings is 1. The first kappa shape index (κ1) is 25.6. The van der Waals surface area contributed by atoms with Crippen LogP contribution in [0.3, 0.4) is 0 Å². The van der Waals surface area contributed by atoms with E-state index < -0.39 is 34.2 Å². The predicted molar refractivity (Wildman–Crippen MR) is 126 cm³/mol. The molecule has 0 spiro atoms. The molecule has 3 atom stereocenters. The van der Waals surface area contributed by atoms with Gasteiger partial charge >= 0.3 is 0 Å². The molecule has 3 N–H and O–H groups in total. The van der Waals surface area contributed by atoms with Crippen molar-refractivity contribution in [1.82, 2.24) is 14.6 Å². The number of carbonyl (C=O) groups excluding carboxylic acids is 1. The van der Waals surface area contributed by atoms with Crippen molar-refractivity contribution in [1.29, 1.82) is 0 Å². The Morgan fingerprint density at radius 2 is 1.79 bits per heavy atom. The smallest absolute Gasteiger partial charge is 0.276 e. The van der Waals surface area contributed by atoms with E-state index in [1.165, 1.54) is 25.3 Å². The molecule has 2 aromatic heterocycles. The van der Waals surface area contributed by atoms with Gasteiger partial charge in [-0.2, -0.15) is 4.31 Å². The quantitative estimate of drug-likeness (QED) is 0.375. The highest BCUT2D eigenvalue weighted by Gasteiger charge is 2.33. The molecule has 1 amide bonds. The van der Waals surface area contributed by atoms with Crippen molar-refractivity contribution in [2.45, 2.75) is 43.6 Å². The van der Waals surface area contributed by atoms with Gasteiger partial charge in [0.15, 0.2) is 0 Å². The summed E-state index contributed by atoms with van der Waals surface area (Å²) in [6.45, 7) is 2.59. The zero-order valence-corrected chi connectivity index (χ0v) is 19.9. The number of aromatic nitrogens is 1. The summed E-state index contributed by atoms with van der Waals surface area (Å²) in [6, 6.07) is 16.2. The molecule has 0 radical (unpaired) electrons. The summed E-state index contributed by atoms with van der Waals surface area (Å²) in [5, 5.41) is 23.5. The maximum atomic E-state index is 13.0. The largest absolute Gasteiger partial charge is 0.452 e. The van der Waals surface area contributed by atoms with Crippen LogP contribution in [0.25, 0.3) is 0 Å². The zero-order valence-electron chi connectivity index (χ0n) is 19.0. The van der Waals surface area contributed by atoms with Gasteiger partial charge in [-0.3, -0.25) is 4.79 Å². The molecule has 0 aliphatic carbocycles. The van der Waals surface area contributed by atoms with Gasteiger partial charge < -0.3 is 19.9 Å². The monoisotopic (exact) mass is 487 g/mol. The van der Waals surface area contributed by atoms with Crippen LogP contribution in [0, 0.1) is 6.92 Å². The Labute approximate surface area is 199 Å². The first-order valence-electron chi connectivity index (χ1n) is 10.8. The van der Waals surface area contributed by atoms with E-state index in [0.29, 0.717) is 5.69 Å². The summed E-state index contributed by atoms with van der Waals surface area (Å²) < 4.78 is 32.1. The molecule has 0 bridgehead atoms. The van der Waals surface area contributed by atoms with Crippen LogP contribution in [0.2, 0.25) is 0 Å². The Morgan fingerprint density at radius 3 is 2.41 bits per heavy atom. The molecule has 1 aromatic carbocycles. The van der Waals surface area contributed by atoms with Gasteiger partial charge in [0, 0.05) is 18.8 Å². The third-order valence-electron chi connectivity index (χ3n) is 5.15. The van der Waals surface area contributed by atoms with Crippen molar-refractivity contribution in [3.05, 3.63) is 83.9 Å². The highest BCUT2D eigenvalue weighted by molar-refractivity contribution is 7.89. The number of hydrogen-bond acceptors (Lipinski definition) is 7. The summed E-state index contributed by atoms with van der Waals surface area (Å²) >= 11 is 0. The lowest BCUT2D eigenvalue weighted by molar-refractivity contribution is 0.0726. The maximum Gasteiger partial charge on any atom is 0.276 e. The number of rotatable bonds is 11. The Balaban J connectivity index is 1.86. The molecular weight excluding hydrogens is 458 g/mol. The van der Waals surface area contributed by atoms with Gasteiger partial charge in [0.1, 0.15) is 5.69 Å². The van der Waals surface area contributed by atoms with Gasteiger partial charge in [0.25, 0.3) is 15.9 Å². The molecule has 0 fully saturated rings. The number of pyridine rings is 1. The summed E-state index contributed by atoms with van der Waals surface area (Å²) in [6.07, 6.45) is -0.798. The minimum absolute atomic E-state index is 0.189. The Morgan fingerprint density at radius 1 is 1.06 bits per heavy atom. The van der Waals surface area contributed by atoms with E-state index in [0.717, 1.165) is 9.87 Å². The average molecular weight is 488 g/mol. The number of amides is 1. The Kier molecular flexibility index (Phi) is 8.56. The van der Waals surface area contributed by atoms with Crippen LogP contribution < -0.4 is 5.32 Å². The number of hydrogen-bond donors (Lipinski definition) is 3. The second-order valence-corrected chi connectivity index (χ2v) is 9.97. The predicted octanol–water partition coefficient (Wildman–Crippen LogP) is 1.76. The number of nitrogens with zero attached hydrogens (tertiary/aromatic N) is 2. The fraction of sp³-hybridized carbons (Fsp3) is 0.333. The fourth-order valence-corrected chi connectivity index (χ4v) is 4.95. The molecule has 9 nitrogen and oxygen atoms in total. The summed E-state index contributed by atoms with van der Waals surface area (Å²) in [5.41, 5.74) is 1.70. The first-order chi connectivity index (χ1) is 16.2. The average Bonchev–Trinajstić information content (AvgIpc) is 3.34. The lowest BCUT2D eigenvalue weighted by Crippen LogP contribution is -2.51. The van der Waals surface area contributed by atoms with E-state index in [4.69, 9.17) is 4.42 Å². The van der Waals surface area contributed by atoms with Gasteiger partial charge in [-0.05, 0) is 50.1 Å². The van der Waals surface area contributed by atoms with E-state index in [-0.39, 0.29) is 30.3 Å². The molecule has 10 heteroatoms. The van der Waals surface area contributed by atoms with Gasteiger partial charge in [0.2, 0.25) is 5.09 Å². The van der Waals surface area contributed by atoms with Gasteiger partial charge in [-0.25, -0.2) is 13.4 Å². The molecule has 0 aliphatic heterocycles. The number of sulfonamides is 1. The second-order valence-electron chi connectivity index (χ2n) is 8.10. The van der Waals surface area contributed by atoms with Crippen molar-refractivity contribution in [2.75, 3.05) is 13.1 Å². The van der Waals surface area contributed by atoms with E-state index >= 15 is 0 Å². The first-order valence-corrected chi connectivity index (χ1v) is 12.3. The third-order valence-corrected chi connectivity index (χ3v) is 6.87. The highest BCUT2D eigenvalue weighted by atomic mass is 32.2. The Hall–Kier alpha value is -3.05. The topological polar surface area (TPSA) is 133 Å². The molecule has 3 rings (SSSR count). The van der Waals surface area contributed by atoms with Crippen LogP contribution in [-0.2, 0) is 16.4 Å². The molecule has 2 heterocycles. The lowest BCUT2D eigenvalue weighted by atomic mass is 10.0. The van der Waals surface area contributed by atoms with Crippen molar-refractivity contribution in [3.63, 3.8) is 0 Å². The van der Waals surface area contributed by atoms with Gasteiger partial charge in [-0.1, -0.05) is 36.4 Å². The molecule has 182 valence electrons. The number of nitrogens with one attached hydrogen (secondary N) is 1. The van der Waals surface area contributed by atoms with Crippen molar-refractivity contribution in [3.8, 4) is 0 Å². The molecule has 0 saturated heterocycles. The number of aliphatic hydroxyl groups is 2. The van der Waals surface area contributed by atoms with Gasteiger partial charge in [-0.15, -0.1) is 0 Å². The zero-order chi connectivity index (χ0) is 24.7. The van der Waals surface area contributed by atoms with Crippen LogP contribution >= 0.6 is 0 Å². The number of aliphatic hydroxyl groups excluding tert-OH is 2. The maximum absolute atomic E-state index is 13.0. The molecule has 0 aliphatic rings. The third kappa shape index (κ3) is 6.73. The van der Waals surface area contributed by atoms with Crippen LogP contribution in [0.15, 0.2) is 76.4 Å². The lowest BCUT2D eigenvalue weighted by Gasteiger charge is -2.29. The summed E-state index contributed by atoms with van der Waals surface area (Å²) in [7, 11) is -4.12. The molecule has 0 saturated carbocycles. The van der Waals surface area contributed by atoms with Crippen molar-refractivity contribution in [2.24, 2.45) is 0 Å². The number of furan rings is 1. The van der Waals surface area contributed by atoms with E-state index in [1.807, 2.05) is 30.3 Å². The van der Waals surface area contributed by atoms with Crippen LogP contribution in [0.5, 0.6) is 0 Å². The fourth-order valence-electron chi connectivity index (χ4n) is 3.50. The summed E-state index contributed by atoms with van der Waals surface area (Å²) in [5.74, 6) is -0.486. The van der Waals surface area contributed by atoms with Crippen LogP contribution in [0.4, 0.5) is 0 Å². The molecule has 2 unspecified atom stereocenters. The van der Waals surface area contributed by atoms with E-state index in [2.05, 4.69) is 10.3 Å². The molecule has 34 heavy (non-hydrogen) atoms. The van der Waals surface area contributed by atoms with E-state index in [9.17, 15) is 23.4 Å². The van der Waals surface area contributed by atoms with E-state index in [1.54, 1.807) is 25.1 Å². The minimum Gasteiger partial charge on any atom is -0.452 e. The number of carbonyl (C=O) groups is 1. The molecular formula is C24H29N3O6S. The second kappa shape index (κ2) is 11.4.